The van der Waals surface area contributed by atoms with Gasteiger partial charge in [0.15, 0.2) is 6.29 Å². The van der Waals surface area contributed by atoms with Gasteiger partial charge in [-0.3, -0.25) is 14.5 Å². The zero-order valence-electron chi connectivity index (χ0n) is 13.4. The summed E-state index contributed by atoms with van der Waals surface area (Å²) < 4.78 is 0.584. The second kappa shape index (κ2) is 7.07. The molecule has 1 aliphatic heterocycles. The van der Waals surface area contributed by atoms with Gasteiger partial charge >= 0.3 is 0 Å². The molecule has 1 aromatic carbocycles. The van der Waals surface area contributed by atoms with Crippen molar-refractivity contribution in [3.8, 4) is 5.75 Å². The van der Waals surface area contributed by atoms with Crippen LogP contribution in [-0.2, 0) is 4.79 Å². The number of phenolic OH excluding ortho intramolecular Hbond substituents is 1. The number of nitrogens with zero attached hydrogens (tertiary/aromatic N) is 1. The number of thiocarbonyl (C=S) groups is 1. The minimum absolute atomic E-state index is 0.0922. The number of aldehydes is 1. The van der Waals surface area contributed by atoms with E-state index in [0.717, 1.165) is 31.2 Å². The van der Waals surface area contributed by atoms with Crippen LogP contribution >= 0.6 is 24.0 Å². The zero-order chi connectivity index (χ0) is 17.3. The predicted molar refractivity (Wildman–Crippen MR) is 100 cm³/mol. The Morgan fingerprint density at radius 1 is 1.25 bits per heavy atom. The first-order valence-electron chi connectivity index (χ1n) is 8.07. The molecule has 6 heteroatoms. The van der Waals surface area contributed by atoms with Crippen LogP contribution in [0.25, 0.3) is 6.08 Å². The van der Waals surface area contributed by atoms with Crippen LogP contribution in [0.1, 0.15) is 53.6 Å². The third-order valence-corrected chi connectivity index (χ3v) is 5.82. The number of carbonyl (C=O) groups excluding carboxylic acids is 2. The smallest absolute Gasteiger partial charge is 0.266 e. The maximum Gasteiger partial charge on any atom is 0.266 e. The maximum absolute atomic E-state index is 12.8. The van der Waals surface area contributed by atoms with Crippen LogP contribution in [0.2, 0.25) is 0 Å². The van der Waals surface area contributed by atoms with Crippen LogP contribution in [0, 0.1) is 6.92 Å². The number of rotatable bonds is 3. The Bertz CT molecular complexity index is 736. The van der Waals surface area contributed by atoms with E-state index in [1.54, 1.807) is 23.1 Å². The van der Waals surface area contributed by atoms with Crippen molar-refractivity contribution in [3.63, 3.8) is 0 Å². The normalized spacial score (nSPS) is 20.9. The maximum atomic E-state index is 12.8. The first-order chi connectivity index (χ1) is 11.5. The highest BCUT2D eigenvalue weighted by atomic mass is 32.2. The molecule has 24 heavy (non-hydrogen) atoms. The van der Waals surface area contributed by atoms with Crippen LogP contribution in [0.3, 0.4) is 0 Å². The molecular weight excluding hydrogens is 342 g/mol. The molecule has 1 aromatic rings. The first-order valence-corrected chi connectivity index (χ1v) is 9.29. The number of aromatic hydroxyl groups is 1. The van der Waals surface area contributed by atoms with E-state index in [2.05, 4.69) is 0 Å². The second-order valence-electron chi connectivity index (χ2n) is 6.25. The van der Waals surface area contributed by atoms with Crippen molar-refractivity contribution in [1.82, 2.24) is 4.90 Å². The van der Waals surface area contributed by atoms with Gasteiger partial charge in [-0.2, -0.15) is 0 Å². The minimum Gasteiger partial charge on any atom is -0.507 e. The number of aryl methyl sites for hydroxylation is 1. The monoisotopic (exact) mass is 361 g/mol. The summed E-state index contributed by atoms with van der Waals surface area (Å²) in [5.41, 5.74) is 1.55. The predicted octanol–water partition coefficient (Wildman–Crippen LogP) is 4.05. The van der Waals surface area contributed by atoms with Crippen LogP contribution in [0.5, 0.6) is 5.75 Å². The van der Waals surface area contributed by atoms with E-state index in [9.17, 15) is 14.7 Å². The summed E-state index contributed by atoms with van der Waals surface area (Å²) in [6, 6.07) is 3.57. The molecule has 1 N–H and O–H groups in total. The van der Waals surface area contributed by atoms with Gasteiger partial charge in [0, 0.05) is 11.6 Å². The van der Waals surface area contributed by atoms with E-state index in [-0.39, 0.29) is 23.3 Å². The Kier molecular flexibility index (Phi) is 5.06. The van der Waals surface area contributed by atoms with Crippen LogP contribution in [-0.4, -0.2) is 32.6 Å². The number of hydrogen-bond donors (Lipinski definition) is 1. The molecule has 126 valence electrons. The molecule has 1 aliphatic carbocycles. The number of benzene rings is 1. The number of amides is 1. The first kappa shape index (κ1) is 17.2. The van der Waals surface area contributed by atoms with E-state index in [0.29, 0.717) is 21.1 Å². The summed E-state index contributed by atoms with van der Waals surface area (Å²) >= 11 is 6.68. The van der Waals surface area contributed by atoms with Gasteiger partial charge < -0.3 is 5.11 Å². The summed E-state index contributed by atoms with van der Waals surface area (Å²) in [6.45, 7) is 1.84. The highest BCUT2D eigenvalue weighted by molar-refractivity contribution is 8.26. The second-order valence-corrected chi connectivity index (χ2v) is 7.93. The molecule has 0 unspecified atom stereocenters. The molecule has 1 amide bonds. The average molecular weight is 361 g/mol. The fourth-order valence-corrected chi connectivity index (χ4v) is 4.70. The van der Waals surface area contributed by atoms with Gasteiger partial charge in [0.1, 0.15) is 10.1 Å². The number of carbonyl (C=O) groups is 2. The third kappa shape index (κ3) is 3.26. The average Bonchev–Trinajstić information content (AvgIpc) is 2.85. The Hall–Kier alpha value is -1.66. The van der Waals surface area contributed by atoms with Gasteiger partial charge in [0.05, 0.1) is 10.5 Å². The van der Waals surface area contributed by atoms with Crippen molar-refractivity contribution in [2.45, 2.75) is 45.1 Å². The molecule has 0 atom stereocenters. The molecule has 0 radical (unpaired) electrons. The lowest BCUT2D eigenvalue weighted by Gasteiger charge is -2.29. The van der Waals surface area contributed by atoms with E-state index >= 15 is 0 Å². The van der Waals surface area contributed by atoms with Crippen molar-refractivity contribution < 1.29 is 14.7 Å². The van der Waals surface area contributed by atoms with Gasteiger partial charge in [0.2, 0.25) is 0 Å². The molecular formula is C18H19NO3S2. The Balaban J connectivity index is 1.92. The van der Waals surface area contributed by atoms with Crippen molar-refractivity contribution in [2.75, 3.05) is 0 Å². The molecule has 0 bridgehead atoms. The molecule has 2 fully saturated rings. The summed E-state index contributed by atoms with van der Waals surface area (Å²) in [5.74, 6) is -0.191. The molecule has 1 saturated heterocycles. The fraction of sp³-hybridized carbons (Fsp3) is 0.389. The van der Waals surface area contributed by atoms with Gasteiger partial charge in [-0.05, 0) is 43.5 Å². The number of thioether (sulfide) groups is 1. The lowest BCUT2D eigenvalue weighted by molar-refractivity contribution is -0.124. The molecule has 2 aliphatic rings. The topological polar surface area (TPSA) is 57.6 Å². The summed E-state index contributed by atoms with van der Waals surface area (Å²) in [4.78, 5) is 26.1. The van der Waals surface area contributed by atoms with Crippen molar-refractivity contribution >= 4 is 46.6 Å². The molecule has 1 heterocycles. The SMILES string of the molecule is Cc1cc(C=O)c(O)c(/C=C2\SC(=S)N(C3CCCCC3)C2=O)c1. The highest BCUT2D eigenvalue weighted by Gasteiger charge is 2.37. The lowest BCUT2D eigenvalue weighted by Crippen LogP contribution is -2.39. The zero-order valence-corrected chi connectivity index (χ0v) is 15.1. The highest BCUT2D eigenvalue weighted by Crippen LogP contribution is 2.38. The minimum atomic E-state index is -0.0986. The number of phenols is 1. The lowest BCUT2D eigenvalue weighted by atomic mass is 9.94. The van der Waals surface area contributed by atoms with Crippen molar-refractivity contribution in [2.24, 2.45) is 0 Å². The quantitative estimate of drug-likeness (QED) is 0.500. The summed E-state index contributed by atoms with van der Waals surface area (Å²) in [7, 11) is 0. The molecule has 3 rings (SSSR count). The fourth-order valence-electron chi connectivity index (χ4n) is 3.31. The van der Waals surface area contributed by atoms with Crippen molar-refractivity contribution in [1.29, 1.82) is 0 Å². The molecule has 1 saturated carbocycles. The largest absolute Gasteiger partial charge is 0.507 e. The Labute approximate surface area is 150 Å². The van der Waals surface area contributed by atoms with Gasteiger partial charge in [-0.25, -0.2) is 0 Å². The van der Waals surface area contributed by atoms with Gasteiger partial charge in [-0.15, -0.1) is 0 Å². The van der Waals surface area contributed by atoms with Crippen LogP contribution in [0.4, 0.5) is 0 Å². The molecule has 0 spiro atoms. The number of hydrogen-bond acceptors (Lipinski definition) is 5. The third-order valence-electron chi connectivity index (χ3n) is 4.49. The van der Waals surface area contributed by atoms with Gasteiger partial charge in [-0.1, -0.05) is 43.2 Å². The Morgan fingerprint density at radius 3 is 2.58 bits per heavy atom. The van der Waals surface area contributed by atoms with E-state index < -0.39 is 0 Å². The van der Waals surface area contributed by atoms with Gasteiger partial charge in [0.25, 0.3) is 5.91 Å². The van der Waals surface area contributed by atoms with Crippen LogP contribution < -0.4 is 0 Å². The molecule has 4 nitrogen and oxygen atoms in total. The van der Waals surface area contributed by atoms with E-state index in [1.807, 2.05) is 6.92 Å². The van der Waals surface area contributed by atoms with Crippen molar-refractivity contribution in [3.05, 3.63) is 33.7 Å². The van der Waals surface area contributed by atoms with E-state index in [4.69, 9.17) is 12.2 Å². The summed E-state index contributed by atoms with van der Waals surface area (Å²) in [6.07, 6.45) is 7.71. The molecule has 0 aromatic heterocycles. The standard InChI is InChI=1S/C18H19NO3S2/c1-11-7-12(16(21)13(8-11)10-20)9-15-17(22)19(18(23)24-15)14-5-3-2-4-6-14/h7-10,14,21H,2-6H2,1H3/b15-9-. The summed E-state index contributed by atoms with van der Waals surface area (Å²) in [5, 5.41) is 10.2. The van der Waals surface area contributed by atoms with Crippen LogP contribution in [0.15, 0.2) is 17.0 Å². The Morgan fingerprint density at radius 2 is 1.92 bits per heavy atom. The van der Waals surface area contributed by atoms with E-state index in [1.165, 1.54) is 18.2 Å².